The van der Waals surface area contributed by atoms with Crippen LogP contribution in [0.25, 0.3) is 0 Å². The summed E-state index contributed by atoms with van der Waals surface area (Å²) in [6.07, 6.45) is 1.96. The fraction of sp³-hybridized carbons (Fsp3) is 0.500. The maximum Gasteiger partial charge on any atom is 0.290 e. The second-order valence-corrected chi connectivity index (χ2v) is 10.1. The van der Waals surface area contributed by atoms with Gasteiger partial charge in [0.2, 0.25) is 5.78 Å². The van der Waals surface area contributed by atoms with Crippen LogP contribution >= 0.6 is 11.3 Å². The number of aliphatic hydroxyl groups is 1. The number of morpholine rings is 1. The van der Waals surface area contributed by atoms with Gasteiger partial charge in [0.15, 0.2) is 5.76 Å². The molecule has 1 aromatic carbocycles. The van der Waals surface area contributed by atoms with Gasteiger partial charge in [0, 0.05) is 26.2 Å². The fourth-order valence-electron chi connectivity index (χ4n) is 4.51. The Labute approximate surface area is 210 Å². The quantitative estimate of drug-likeness (QED) is 0.392. The average Bonchev–Trinajstić information content (AvgIpc) is 3.33. The number of hydrogen-bond donors (Lipinski definition) is 1. The van der Waals surface area contributed by atoms with E-state index >= 15 is 0 Å². The molecule has 188 valence electrons. The fourth-order valence-corrected chi connectivity index (χ4v) is 5.38. The molecule has 8 nitrogen and oxygen atoms in total. The minimum Gasteiger partial charge on any atom is -0.503 e. The lowest BCUT2D eigenvalue weighted by molar-refractivity contribution is -0.129. The van der Waals surface area contributed by atoms with E-state index in [9.17, 15) is 14.7 Å². The van der Waals surface area contributed by atoms with Crippen LogP contribution in [0.4, 0.5) is 0 Å². The van der Waals surface area contributed by atoms with Crippen molar-refractivity contribution < 1.29 is 24.2 Å². The van der Waals surface area contributed by atoms with E-state index in [0.717, 1.165) is 36.5 Å². The summed E-state index contributed by atoms with van der Waals surface area (Å²) in [5.41, 5.74) is 1.45. The molecular formula is C26H33N3O5S. The molecule has 2 aliphatic heterocycles. The van der Waals surface area contributed by atoms with Crippen molar-refractivity contribution in [2.45, 2.75) is 39.7 Å². The van der Waals surface area contributed by atoms with Crippen LogP contribution in [0.15, 0.2) is 35.6 Å². The number of Topliss-reactive ketones (excluding diaryl/α,β-unsaturated/α-hetero) is 1. The second kappa shape index (κ2) is 11.3. The molecule has 9 heteroatoms. The van der Waals surface area contributed by atoms with Gasteiger partial charge in [-0.3, -0.25) is 14.5 Å². The number of ether oxygens (including phenoxy) is 2. The molecule has 1 fully saturated rings. The van der Waals surface area contributed by atoms with Crippen molar-refractivity contribution >= 4 is 23.0 Å². The van der Waals surface area contributed by atoms with Crippen LogP contribution in [0.1, 0.15) is 51.7 Å². The summed E-state index contributed by atoms with van der Waals surface area (Å²) in [6, 6.07) is 6.78. The van der Waals surface area contributed by atoms with Crippen molar-refractivity contribution in [2.75, 3.05) is 46.0 Å². The summed E-state index contributed by atoms with van der Waals surface area (Å²) in [4.78, 5) is 35.6. The first-order chi connectivity index (χ1) is 16.9. The number of benzene rings is 1. The van der Waals surface area contributed by atoms with Gasteiger partial charge in [-0.15, -0.1) is 11.3 Å². The topological polar surface area (TPSA) is 92.2 Å². The molecule has 1 N–H and O–H groups in total. The molecule has 0 bridgehead atoms. The van der Waals surface area contributed by atoms with E-state index in [1.165, 1.54) is 11.3 Å². The standard InChI is InChI=1S/C26H33N3O5S/c1-4-5-13-34-20-8-6-7-19(16-20)22-21(23(30)25-17(2)27-18(3)35-25)24(31)26(32)29(22)10-9-28-11-14-33-15-12-28/h6-8,16,22,31H,4-5,9-15H2,1-3H3. The maximum atomic E-state index is 13.7. The Morgan fingerprint density at radius 3 is 2.71 bits per heavy atom. The lowest BCUT2D eigenvalue weighted by atomic mass is 9.95. The molecule has 1 unspecified atom stereocenters. The molecule has 35 heavy (non-hydrogen) atoms. The molecule has 2 aromatic rings. The molecule has 0 saturated carbocycles. The summed E-state index contributed by atoms with van der Waals surface area (Å²) >= 11 is 1.28. The molecule has 3 heterocycles. The minimum absolute atomic E-state index is 0.106. The number of aliphatic hydroxyl groups excluding tert-OH is 1. The molecule has 4 rings (SSSR count). The zero-order valence-corrected chi connectivity index (χ0v) is 21.4. The van der Waals surface area contributed by atoms with E-state index in [1.54, 1.807) is 11.8 Å². The zero-order chi connectivity index (χ0) is 24.9. The van der Waals surface area contributed by atoms with E-state index in [1.807, 2.05) is 31.2 Å². The number of nitrogens with zero attached hydrogens (tertiary/aromatic N) is 3. The maximum absolute atomic E-state index is 13.7. The lowest BCUT2D eigenvalue weighted by Gasteiger charge is -2.31. The Kier molecular flexibility index (Phi) is 8.20. The van der Waals surface area contributed by atoms with Crippen molar-refractivity contribution in [2.24, 2.45) is 0 Å². The number of carbonyl (C=O) groups excluding carboxylic acids is 2. The van der Waals surface area contributed by atoms with Crippen molar-refractivity contribution in [3.05, 3.63) is 56.7 Å². The predicted molar refractivity (Wildman–Crippen MR) is 134 cm³/mol. The van der Waals surface area contributed by atoms with Gasteiger partial charge in [-0.25, -0.2) is 4.98 Å². The molecule has 0 radical (unpaired) electrons. The Morgan fingerprint density at radius 1 is 1.26 bits per heavy atom. The van der Waals surface area contributed by atoms with Crippen molar-refractivity contribution in [3.8, 4) is 5.75 Å². The third-order valence-electron chi connectivity index (χ3n) is 6.36. The molecule has 1 atom stereocenters. The first-order valence-corrected chi connectivity index (χ1v) is 13.0. The third kappa shape index (κ3) is 5.58. The molecule has 1 aromatic heterocycles. The predicted octanol–water partition coefficient (Wildman–Crippen LogP) is 3.85. The summed E-state index contributed by atoms with van der Waals surface area (Å²) < 4.78 is 11.3. The summed E-state index contributed by atoms with van der Waals surface area (Å²) in [5.74, 6) is -0.679. The number of ketones is 1. The zero-order valence-electron chi connectivity index (χ0n) is 20.6. The van der Waals surface area contributed by atoms with Gasteiger partial charge in [0.05, 0.1) is 47.0 Å². The number of hydrogen-bond acceptors (Lipinski definition) is 8. The summed E-state index contributed by atoms with van der Waals surface area (Å²) in [5, 5.41) is 11.7. The highest BCUT2D eigenvalue weighted by Crippen LogP contribution is 2.40. The van der Waals surface area contributed by atoms with Gasteiger partial charge >= 0.3 is 0 Å². The van der Waals surface area contributed by atoms with Gasteiger partial charge in [0.25, 0.3) is 5.91 Å². The number of aromatic nitrogens is 1. The molecule has 1 amide bonds. The van der Waals surface area contributed by atoms with Gasteiger partial charge in [-0.2, -0.15) is 0 Å². The van der Waals surface area contributed by atoms with E-state index in [-0.39, 0.29) is 11.4 Å². The first-order valence-electron chi connectivity index (χ1n) is 12.2. The van der Waals surface area contributed by atoms with Crippen LogP contribution in [-0.2, 0) is 9.53 Å². The SMILES string of the molecule is CCCCOc1cccc(C2C(C(=O)c3sc(C)nc3C)=C(O)C(=O)N2CCN2CCOCC2)c1. The number of aryl methyl sites for hydroxylation is 2. The highest BCUT2D eigenvalue weighted by atomic mass is 32.1. The Balaban J connectivity index is 1.68. The number of amides is 1. The Morgan fingerprint density at radius 2 is 2.03 bits per heavy atom. The van der Waals surface area contributed by atoms with Crippen LogP contribution in [0.2, 0.25) is 0 Å². The van der Waals surface area contributed by atoms with Gasteiger partial charge in [-0.05, 0) is 38.0 Å². The van der Waals surface area contributed by atoms with Crippen LogP contribution < -0.4 is 4.74 Å². The largest absolute Gasteiger partial charge is 0.503 e. The highest BCUT2D eigenvalue weighted by molar-refractivity contribution is 7.14. The molecule has 1 saturated heterocycles. The molecular weight excluding hydrogens is 466 g/mol. The van der Waals surface area contributed by atoms with E-state index in [0.29, 0.717) is 49.2 Å². The van der Waals surface area contributed by atoms with Gasteiger partial charge < -0.3 is 19.5 Å². The first kappa shape index (κ1) is 25.3. The number of carbonyl (C=O) groups is 2. The van der Waals surface area contributed by atoms with E-state index < -0.39 is 17.7 Å². The number of thiazole rings is 1. The molecule has 2 aliphatic rings. The summed E-state index contributed by atoms with van der Waals surface area (Å²) in [6.45, 7) is 10.2. The third-order valence-corrected chi connectivity index (χ3v) is 7.43. The summed E-state index contributed by atoms with van der Waals surface area (Å²) in [7, 11) is 0. The van der Waals surface area contributed by atoms with Crippen LogP contribution in [0.5, 0.6) is 5.75 Å². The van der Waals surface area contributed by atoms with Gasteiger partial charge in [0.1, 0.15) is 5.75 Å². The van der Waals surface area contributed by atoms with Crippen LogP contribution in [-0.4, -0.2) is 77.6 Å². The normalized spacial score (nSPS) is 19.0. The monoisotopic (exact) mass is 499 g/mol. The minimum atomic E-state index is -0.701. The number of unbranched alkanes of at least 4 members (excludes halogenated alkanes) is 1. The van der Waals surface area contributed by atoms with Crippen LogP contribution in [0, 0.1) is 13.8 Å². The van der Waals surface area contributed by atoms with E-state index in [4.69, 9.17) is 9.47 Å². The van der Waals surface area contributed by atoms with Crippen molar-refractivity contribution in [1.82, 2.24) is 14.8 Å². The highest BCUT2D eigenvalue weighted by Gasteiger charge is 2.44. The Hall–Kier alpha value is -2.75. The smallest absolute Gasteiger partial charge is 0.290 e. The molecule has 0 aliphatic carbocycles. The average molecular weight is 500 g/mol. The van der Waals surface area contributed by atoms with E-state index in [2.05, 4.69) is 16.8 Å². The second-order valence-electron chi connectivity index (χ2n) is 8.87. The lowest BCUT2D eigenvalue weighted by Crippen LogP contribution is -2.43. The van der Waals surface area contributed by atoms with Gasteiger partial charge in [-0.1, -0.05) is 25.5 Å². The Bertz CT molecular complexity index is 1110. The molecule has 0 spiro atoms. The number of rotatable bonds is 10. The van der Waals surface area contributed by atoms with Crippen LogP contribution in [0.3, 0.4) is 0 Å². The van der Waals surface area contributed by atoms with Crippen molar-refractivity contribution in [1.29, 1.82) is 0 Å². The van der Waals surface area contributed by atoms with Crippen molar-refractivity contribution in [3.63, 3.8) is 0 Å².